The van der Waals surface area contributed by atoms with Crippen molar-refractivity contribution < 1.29 is 48.2 Å². The van der Waals surface area contributed by atoms with Crippen molar-refractivity contribution in [2.24, 2.45) is 0 Å². The fraction of sp³-hybridized carbons (Fsp3) is 0.577. The standard InChI is InChI=1S/C26H38ClN4O11P/c1-4-5-6-7-8-13-38-23(33)16(2)30-43(36,37)42-41-18-10-9-17(27)14-19(18)39-15-20-22(32)26(3,35)24(40-20)31-12-11-21(28)29-25(31)34/h9-12,14,16,20,22,24,32,35H,4-8,13,15H2,1-3H3,(H2,28,29,34)(H2,30,36,37)/t16-,20+,22+,24+,26+/m0/s1. The van der Waals surface area contributed by atoms with Gasteiger partial charge in [0.2, 0.25) is 5.75 Å². The summed E-state index contributed by atoms with van der Waals surface area (Å²) < 4.78 is 34.8. The number of unbranched alkanes of at least 4 members (excludes halogenated alkanes) is 4. The molecule has 0 bridgehead atoms. The number of ether oxygens (including phenoxy) is 3. The van der Waals surface area contributed by atoms with Crippen molar-refractivity contribution in [1.29, 1.82) is 0 Å². The number of carbonyl (C=O) groups is 1. The van der Waals surface area contributed by atoms with Crippen LogP contribution in [0.2, 0.25) is 5.02 Å². The number of nitrogens with one attached hydrogen (secondary N) is 1. The van der Waals surface area contributed by atoms with Crippen molar-refractivity contribution in [2.75, 3.05) is 18.9 Å². The third kappa shape index (κ3) is 9.62. The van der Waals surface area contributed by atoms with E-state index in [-0.39, 0.29) is 35.6 Å². The van der Waals surface area contributed by atoms with Gasteiger partial charge in [-0.05, 0) is 38.5 Å². The number of aromatic nitrogens is 2. The molecule has 0 aliphatic carbocycles. The van der Waals surface area contributed by atoms with E-state index in [9.17, 15) is 29.3 Å². The summed E-state index contributed by atoms with van der Waals surface area (Å²) in [4.78, 5) is 43.3. The summed E-state index contributed by atoms with van der Waals surface area (Å²) in [6.45, 7) is 4.53. The Hall–Kier alpha value is -2.75. The summed E-state index contributed by atoms with van der Waals surface area (Å²) in [6, 6.07) is 4.15. The minimum Gasteiger partial charge on any atom is -0.487 e. The molecule has 2 aromatic rings. The first-order valence-corrected chi connectivity index (χ1v) is 15.7. The maximum absolute atomic E-state index is 12.5. The van der Waals surface area contributed by atoms with Crippen molar-refractivity contribution in [1.82, 2.24) is 14.6 Å². The molecule has 0 amide bonds. The monoisotopic (exact) mass is 648 g/mol. The number of halogens is 1. The third-order valence-corrected chi connectivity index (χ3v) is 7.82. The number of nitrogen functional groups attached to an aromatic ring is 1. The molecule has 1 aliphatic rings. The Morgan fingerprint density at radius 2 is 2.00 bits per heavy atom. The predicted molar refractivity (Wildman–Crippen MR) is 154 cm³/mol. The first kappa shape index (κ1) is 34.7. The molecule has 15 nitrogen and oxygen atoms in total. The van der Waals surface area contributed by atoms with E-state index >= 15 is 0 Å². The number of benzene rings is 1. The van der Waals surface area contributed by atoms with Gasteiger partial charge in [0.1, 0.15) is 36.3 Å². The number of aliphatic hydroxyl groups is 2. The highest BCUT2D eigenvalue weighted by atomic mass is 35.5. The Morgan fingerprint density at radius 3 is 2.70 bits per heavy atom. The molecular formula is C26H38ClN4O11P. The van der Waals surface area contributed by atoms with Crippen LogP contribution in [0.1, 0.15) is 59.1 Å². The summed E-state index contributed by atoms with van der Waals surface area (Å²) in [6.07, 6.45) is 2.11. The summed E-state index contributed by atoms with van der Waals surface area (Å²) in [5.41, 5.74) is 2.80. The normalized spacial score (nSPS) is 23.8. The van der Waals surface area contributed by atoms with Gasteiger partial charge in [0, 0.05) is 17.3 Å². The molecular weight excluding hydrogens is 611 g/mol. The molecule has 17 heteroatoms. The molecule has 6 atom stereocenters. The van der Waals surface area contributed by atoms with Crippen LogP contribution < -0.4 is 26.1 Å². The zero-order valence-electron chi connectivity index (χ0n) is 24.1. The van der Waals surface area contributed by atoms with Crippen molar-refractivity contribution in [3.05, 3.63) is 46.0 Å². The second-order valence-electron chi connectivity index (χ2n) is 10.3. The SMILES string of the molecule is CCCCCCCOC(=O)[C@H](C)NP(=O)(O)OOc1ccc(Cl)cc1OC[C@H]1O[C@@H](n2ccc(N)nc2=O)[C@](C)(O)[C@@H]1O. The van der Waals surface area contributed by atoms with Crippen molar-refractivity contribution in [2.45, 2.75) is 83.0 Å². The Labute approximate surface area is 253 Å². The summed E-state index contributed by atoms with van der Waals surface area (Å²) in [5, 5.41) is 24.0. The minimum atomic E-state index is -4.68. The van der Waals surface area contributed by atoms with Gasteiger partial charge in [-0.15, -0.1) is 0 Å². The smallest absolute Gasteiger partial charge is 0.440 e. The van der Waals surface area contributed by atoms with E-state index in [2.05, 4.69) is 17.0 Å². The zero-order chi connectivity index (χ0) is 31.8. The van der Waals surface area contributed by atoms with Crippen molar-refractivity contribution in [3.8, 4) is 11.5 Å². The topological polar surface area (TPSA) is 214 Å². The lowest BCUT2D eigenvalue weighted by atomic mass is 9.96. The van der Waals surface area contributed by atoms with Crippen LogP contribution in [0, 0.1) is 0 Å². The summed E-state index contributed by atoms with van der Waals surface area (Å²) >= 11 is 6.07. The highest BCUT2D eigenvalue weighted by molar-refractivity contribution is 7.50. The molecule has 1 fully saturated rings. The average molecular weight is 649 g/mol. The molecule has 240 valence electrons. The fourth-order valence-corrected chi connectivity index (χ4v) is 5.21. The number of esters is 1. The number of nitrogens with two attached hydrogens (primary N) is 1. The van der Waals surface area contributed by atoms with Crippen molar-refractivity contribution >= 4 is 31.1 Å². The summed E-state index contributed by atoms with van der Waals surface area (Å²) in [7, 11) is -4.68. The van der Waals surface area contributed by atoms with E-state index < -0.39 is 49.5 Å². The van der Waals surface area contributed by atoms with Crippen molar-refractivity contribution in [3.63, 3.8) is 0 Å². The number of anilines is 1. The lowest BCUT2D eigenvalue weighted by Gasteiger charge is -2.27. The van der Waals surface area contributed by atoms with Gasteiger partial charge in [0.05, 0.1) is 6.61 Å². The van der Waals surface area contributed by atoms with Gasteiger partial charge in [-0.2, -0.15) is 4.98 Å². The molecule has 0 radical (unpaired) electrons. The molecule has 0 saturated carbocycles. The van der Waals surface area contributed by atoms with Crippen LogP contribution in [0.5, 0.6) is 11.5 Å². The molecule has 1 aromatic heterocycles. The number of aliphatic hydroxyl groups excluding tert-OH is 1. The van der Waals surface area contributed by atoms with Crippen LogP contribution in [-0.2, 0) is 23.5 Å². The van der Waals surface area contributed by atoms with E-state index in [1.807, 2.05) is 0 Å². The number of rotatable bonds is 16. The quantitative estimate of drug-likeness (QED) is 0.0581. The van der Waals surface area contributed by atoms with Gasteiger partial charge in [0.25, 0.3) is 0 Å². The lowest BCUT2D eigenvalue weighted by Crippen LogP contribution is -2.46. The van der Waals surface area contributed by atoms with Gasteiger partial charge in [-0.1, -0.05) is 48.9 Å². The summed E-state index contributed by atoms with van der Waals surface area (Å²) in [5.74, 6) is -1.02. The fourth-order valence-electron chi connectivity index (χ4n) is 4.23. The Balaban J connectivity index is 1.58. The maximum atomic E-state index is 12.5. The average Bonchev–Trinajstić information content (AvgIpc) is 3.16. The third-order valence-electron chi connectivity index (χ3n) is 6.60. The van der Waals surface area contributed by atoms with Gasteiger partial charge in [0.15, 0.2) is 12.0 Å². The number of hydrogen-bond acceptors (Lipinski definition) is 12. The van der Waals surface area contributed by atoms with E-state index in [1.54, 1.807) is 0 Å². The highest BCUT2D eigenvalue weighted by Crippen LogP contribution is 2.42. The first-order valence-electron chi connectivity index (χ1n) is 13.7. The molecule has 1 saturated heterocycles. The van der Waals surface area contributed by atoms with Crippen LogP contribution in [0.3, 0.4) is 0 Å². The van der Waals surface area contributed by atoms with Crippen LogP contribution in [0.4, 0.5) is 5.82 Å². The molecule has 0 spiro atoms. The Morgan fingerprint density at radius 1 is 1.28 bits per heavy atom. The lowest BCUT2D eigenvalue weighted by molar-refractivity contribution is -0.146. The first-order chi connectivity index (χ1) is 20.2. The maximum Gasteiger partial charge on any atom is 0.440 e. The number of nitrogens with zero attached hydrogens (tertiary/aromatic N) is 2. The van der Waals surface area contributed by atoms with E-state index in [4.69, 9.17) is 41.1 Å². The van der Waals surface area contributed by atoms with E-state index in [0.717, 1.165) is 30.3 Å². The zero-order valence-corrected chi connectivity index (χ0v) is 25.7. The molecule has 43 heavy (non-hydrogen) atoms. The largest absolute Gasteiger partial charge is 0.487 e. The molecule has 3 rings (SSSR count). The Kier molecular flexibility index (Phi) is 12.4. The molecule has 1 aliphatic heterocycles. The molecule has 1 unspecified atom stereocenters. The molecule has 2 heterocycles. The van der Waals surface area contributed by atoms with Crippen LogP contribution in [0.25, 0.3) is 0 Å². The second kappa shape index (κ2) is 15.3. The second-order valence-corrected chi connectivity index (χ2v) is 12.1. The van der Waals surface area contributed by atoms with Gasteiger partial charge in [-0.25, -0.2) is 14.4 Å². The van der Waals surface area contributed by atoms with Crippen LogP contribution >= 0.6 is 19.3 Å². The number of hydrogen-bond donors (Lipinski definition) is 5. The van der Waals surface area contributed by atoms with E-state index in [1.165, 1.54) is 44.3 Å². The molecule has 1 aromatic carbocycles. The van der Waals surface area contributed by atoms with Crippen LogP contribution in [0.15, 0.2) is 35.3 Å². The van der Waals surface area contributed by atoms with Gasteiger partial charge >= 0.3 is 19.4 Å². The van der Waals surface area contributed by atoms with Crippen LogP contribution in [-0.4, -0.2) is 67.7 Å². The Bertz CT molecular complexity index is 1340. The highest BCUT2D eigenvalue weighted by Gasteiger charge is 2.53. The predicted octanol–water partition coefficient (Wildman–Crippen LogP) is 2.47. The molecule has 6 N–H and O–H groups in total. The van der Waals surface area contributed by atoms with E-state index in [0.29, 0.717) is 6.42 Å². The number of carbonyl (C=O) groups excluding carboxylic acids is 1. The minimum absolute atomic E-state index is 0.0276. The van der Waals surface area contributed by atoms with Gasteiger partial charge in [-0.3, -0.25) is 9.36 Å². The van der Waals surface area contributed by atoms with Gasteiger partial charge < -0.3 is 39.9 Å².